The van der Waals surface area contributed by atoms with Crippen LogP contribution in [0.15, 0.2) is 18.2 Å². The van der Waals surface area contributed by atoms with Crippen molar-refractivity contribution in [2.75, 3.05) is 25.4 Å². The average molecular weight is 422 g/mol. The van der Waals surface area contributed by atoms with Crippen LogP contribution in [0, 0.1) is 5.92 Å². The Bertz CT molecular complexity index is 623. The minimum Gasteiger partial charge on any atom is -0.391 e. The molecule has 148 valence electrons. The number of rotatable bonds is 9. The van der Waals surface area contributed by atoms with Crippen molar-refractivity contribution in [1.82, 2.24) is 5.32 Å². The van der Waals surface area contributed by atoms with Crippen molar-refractivity contribution < 1.29 is 14.6 Å². The molecule has 0 bridgehead atoms. The van der Waals surface area contributed by atoms with Crippen LogP contribution in [-0.2, 0) is 4.57 Å². The fourth-order valence-electron chi connectivity index (χ4n) is 3.64. The lowest BCUT2D eigenvalue weighted by Crippen LogP contribution is -2.32. The molecule has 0 heterocycles. The van der Waals surface area contributed by atoms with Crippen LogP contribution < -0.4 is 5.32 Å². The van der Waals surface area contributed by atoms with Crippen LogP contribution in [-0.4, -0.2) is 41.5 Å². The van der Waals surface area contributed by atoms with Crippen LogP contribution >= 0.6 is 30.6 Å². The molecule has 0 saturated heterocycles. The molecule has 1 aliphatic rings. The Kier molecular flexibility index (Phi) is 8.93. The van der Waals surface area contributed by atoms with Crippen LogP contribution in [0.3, 0.4) is 0 Å². The fraction of sp³-hybridized carbons (Fsp3) is 0.684. The number of hydrogen-bond acceptors (Lipinski definition) is 3. The molecule has 0 aromatic heterocycles. The van der Waals surface area contributed by atoms with Gasteiger partial charge in [-0.15, -0.1) is 0 Å². The summed E-state index contributed by atoms with van der Waals surface area (Å²) in [6.07, 6.45) is 5.13. The zero-order chi connectivity index (χ0) is 19.2. The van der Waals surface area contributed by atoms with Crippen molar-refractivity contribution in [3.63, 3.8) is 0 Å². The molecule has 0 spiro atoms. The van der Waals surface area contributed by atoms with Gasteiger partial charge in [-0.1, -0.05) is 55.5 Å². The second-order valence-corrected chi connectivity index (χ2v) is 10.8. The molecule has 0 aliphatic heterocycles. The molecule has 2 rings (SSSR count). The predicted molar refractivity (Wildman–Crippen MR) is 110 cm³/mol. The van der Waals surface area contributed by atoms with Gasteiger partial charge in [0.2, 0.25) is 7.37 Å². The van der Waals surface area contributed by atoms with Crippen LogP contribution in [0.25, 0.3) is 0 Å². The van der Waals surface area contributed by atoms with Crippen LogP contribution in [0.4, 0.5) is 0 Å². The zero-order valence-corrected chi connectivity index (χ0v) is 17.7. The van der Waals surface area contributed by atoms with Crippen LogP contribution in [0.1, 0.15) is 50.5 Å². The molecule has 0 amide bonds. The van der Waals surface area contributed by atoms with E-state index >= 15 is 0 Å². The van der Waals surface area contributed by atoms with Crippen molar-refractivity contribution >= 4 is 30.6 Å². The monoisotopic (exact) mass is 421 g/mol. The van der Waals surface area contributed by atoms with E-state index in [0.717, 1.165) is 31.2 Å². The van der Waals surface area contributed by atoms with Gasteiger partial charge in [0.1, 0.15) is 0 Å². The van der Waals surface area contributed by atoms with Crippen molar-refractivity contribution in [3.8, 4) is 0 Å². The first kappa shape index (κ1) is 22.2. The highest BCUT2D eigenvalue weighted by Crippen LogP contribution is 2.45. The van der Waals surface area contributed by atoms with Crippen LogP contribution in [0.5, 0.6) is 0 Å². The molecule has 1 aliphatic carbocycles. The normalized spacial score (nSPS) is 20.5. The van der Waals surface area contributed by atoms with Gasteiger partial charge in [0.25, 0.3) is 0 Å². The van der Waals surface area contributed by atoms with Crippen molar-refractivity contribution in [3.05, 3.63) is 33.8 Å². The summed E-state index contributed by atoms with van der Waals surface area (Å²) in [6.45, 7) is 3.01. The smallest absolute Gasteiger partial charge is 0.203 e. The Balaban J connectivity index is 1.72. The zero-order valence-electron chi connectivity index (χ0n) is 15.3. The number of halogens is 2. The second kappa shape index (κ2) is 10.5. The molecule has 1 aromatic carbocycles. The van der Waals surface area contributed by atoms with E-state index in [9.17, 15) is 14.6 Å². The largest absolute Gasteiger partial charge is 0.391 e. The Morgan fingerprint density at radius 3 is 2.54 bits per heavy atom. The molecule has 1 saturated carbocycles. The van der Waals surface area contributed by atoms with Gasteiger partial charge in [-0.25, -0.2) is 0 Å². The molecule has 7 heteroatoms. The molecular weight excluding hydrogens is 392 g/mol. The summed E-state index contributed by atoms with van der Waals surface area (Å²) < 4.78 is 12.4. The molecular formula is C19H30Cl2NO3P. The molecule has 1 aromatic rings. The number of aliphatic hydroxyl groups excluding tert-OH is 1. The number of benzene rings is 1. The van der Waals surface area contributed by atoms with E-state index in [-0.39, 0.29) is 12.1 Å². The average Bonchev–Trinajstić information content (AvgIpc) is 2.57. The van der Waals surface area contributed by atoms with Crippen molar-refractivity contribution in [2.24, 2.45) is 5.92 Å². The molecule has 26 heavy (non-hydrogen) atoms. The van der Waals surface area contributed by atoms with E-state index in [1.54, 1.807) is 6.07 Å². The van der Waals surface area contributed by atoms with Gasteiger partial charge in [-0.2, -0.15) is 0 Å². The van der Waals surface area contributed by atoms with E-state index < -0.39 is 13.5 Å². The van der Waals surface area contributed by atoms with E-state index in [4.69, 9.17) is 23.2 Å². The lowest BCUT2D eigenvalue weighted by molar-refractivity contribution is 0.189. The van der Waals surface area contributed by atoms with Gasteiger partial charge in [0.15, 0.2) is 0 Å². The highest BCUT2D eigenvalue weighted by molar-refractivity contribution is 7.58. The highest BCUT2D eigenvalue weighted by Gasteiger charge is 2.28. The van der Waals surface area contributed by atoms with E-state index in [0.29, 0.717) is 35.2 Å². The molecule has 0 radical (unpaired) electrons. The van der Waals surface area contributed by atoms with E-state index in [1.165, 1.54) is 6.42 Å². The van der Waals surface area contributed by atoms with Gasteiger partial charge >= 0.3 is 0 Å². The third kappa shape index (κ3) is 7.50. The van der Waals surface area contributed by atoms with Gasteiger partial charge in [0, 0.05) is 19.3 Å². The summed E-state index contributed by atoms with van der Waals surface area (Å²) in [4.78, 5) is 10.2. The maximum atomic E-state index is 12.4. The molecule has 2 unspecified atom stereocenters. The standard InChI is InChI=1S/C19H30Cl2NO3P/c1-14(16-7-8-18(20)19(21)9-16)10-22-11-17(23)13-26(24,25)12-15-5-3-2-4-6-15/h7-9,14-15,17,22-23H,2-6,10-13H2,1H3,(H,24,25)/t14?,17-/m0/s1. The Morgan fingerprint density at radius 2 is 1.88 bits per heavy atom. The molecule has 3 atom stereocenters. The second-order valence-electron chi connectivity index (χ2n) is 7.60. The lowest BCUT2D eigenvalue weighted by Gasteiger charge is -2.25. The number of aliphatic hydroxyl groups is 1. The third-order valence-corrected chi connectivity index (χ3v) is 7.93. The predicted octanol–water partition coefficient (Wildman–Crippen LogP) is 4.90. The Labute approximate surface area is 166 Å². The first-order valence-corrected chi connectivity index (χ1v) is 12.2. The van der Waals surface area contributed by atoms with Gasteiger partial charge < -0.3 is 15.3 Å². The highest BCUT2D eigenvalue weighted by atomic mass is 35.5. The summed E-state index contributed by atoms with van der Waals surface area (Å²) in [5.74, 6) is 0.537. The number of hydrogen-bond donors (Lipinski definition) is 3. The third-order valence-electron chi connectivity index (χ3n) is 5.11. The van der Waals surface area contributed by atoms with Crippen molar-refractivity contribution in [1.29, 1.82) is 0 Å². The lowest BCUT2D eigenvalue weighted by atomic mass is 9.91. The summed E-state index contributed by atoms with van der Waals surface area (Å²) in [5, 5.41) is 14.4. The quantitative estimate of drug-likeness (QED) is 0.496. The summed E-state index contributed by atoms with van der Waals surface area (Å²) in [5.41, 5.74) is 1.06. The van der Waals surface area contributed by atoms with Gasteiger partial charge in [-0.3, -0.25) is 4.57 Å². The van der Waals surface area contributed by atoms with Crippen molar-refractivity contribution in [2.45, 2.75) is 51.0 Å². The molecule has 3 N–H and O–H groups in total. The SMILES string of the molecule is CC(CNC[C@H](O)CP(=O)(O)CC1CCCCC1)c1ccc(Cl)c(Cl)c1. The summed E-state index contributed by atoms with van der Waals surface area (Å²) >= 11 is 12.0. The Hall–Kier alpha value is -0.0900. The topological polar surface area (TPSA) is 69.6 Å². The summed E-state index contributed by atoms with van der Waals surface area (Å²) in [7, 11) is -3.27. The summed E-state index contributed by atoms with van der Waals surface area (Å²) in [6, 6.07) is 5.56. The van der Waals surface area contributed by atoms with Gasteiger partial charge in [0.05, 0.1) is 22.3 Å². The first-order valence-electron chi connectivity index (χ1n) is 9.41. The Morgan fingerprint density at radius 1 is 1.19 bits per heavy atom. The first-order chi connectivity index (χ1) is 12.3. The maximum absolute atomic E-state index is 12.4. The minimum atomic E-state index is -3.27. The van der Waals surface area contributed by atoms with E-state index in [2.05, 4.69) is 12.2 Å². The maximum Gasteiger partial charge on any atom is 0.203 e. The van der Waals surface area contributed by atoms with Crippen LogP contribution in [0.2, 0.25) is 10.0 Å². The minimum absolute atomic E-state index is 0.0301. The van der Waals surface area contributed by atoms with Gasteiger partial charge in [-0.05, 0) is 42.4 Å². The fourth-order valence-corrected chi connectivity index (χ4v) is 6.06. The molecule has 1 fully saturated rings. The number of nitrogens with one attached hydrogen (secondary N) is 1. The molecule has 4 nitrogen and oxygen atoms in total. The van der Waals surface area contributed by atoms with E-state index in [1.807, 2.05) is 12.1 Å².